The van der Waals surface area contributed by atoms with Gasteiger partial charge in [-0.25, -0.2) is 4.98 Å². The average molecular weight is 332 g/mol. The van der Waals surface area contributed by atoms with Crippen LogP contribution in [0.3, 0.4) is 0 Å². The second kappa shape index (κ2) is 7.06. The summed E-state index contributed by atoms with van der Waals surface area (Å²) >= 11 is 11.8. The van der Waals surface area contributed by atoms with Crippen LogP contribution in [0.15, 0.2) is 12.3 Å². The normalized spacial score (nSPS) is 18.4. The van der Waals surface area contributed by atoms with Gasteiger partial charge in [-0.15, -0.1) is 0 Å². The number of amides is 2. The minimum atomic E-state index is -0.672. The number of morpholine rings is 1. The van der Waals surface area contributed by atoms with Crippen molar-refractivity contribution in [2.75, 3.05) is 26.3 Å². The first-order valence-electron chi connectivity index (χ1n) is 6.52. The van der Waals surface area contributed by atoms with Crippen LogP contribution in [0.25, 0.3) is 0 Å². The maximum absolute atomic E-state index is 12.6. The van der Waals surface area contributed by atoms with Gasteiger partial charge in [-0.05, 0) is 13.0 Å². The molecule has 0 radical (unpaired) electrons. The molecule has 114 valence electrons. The number of hydrogen-bond acceptors (Lipinski definition) is 4. The van der Waals surface area contributed by atoms with Gasteiger partial charge in [0.15, 0.2) is 0 Å². The molecule has 2 heterocycles. The Balaban J connectivity index is 2.26. The van der Waals surface area contributed by atoms with E-state index in [1.807, 2.05) is 6.92 Å². The lowest BCUT2D eigenvalue weighted by molar-refractivity contribution is -0.130. The summed E-state index contributed by atoms with van der Waals surface area (Å²) in [6, 6.07) is 0.727. The number of nitrogens with zero attached hydrogens (tertiary/aromatic N) is 2. The Morgan fingerprint density at radius 1 is 1.52 bits per heavy atom. The van der Waals surface area contributed by atoms with Crippen molar-refractivity contribution in [3.8, 4) is 0 Å². The van der Waals surface area contributed by atoms with Gasteiger partial charge in [0.1, 0.15) is 11.2 Å². The van der Waals surface area contributed by atoms with Crippen LogP contribution < -0.4 is 5.32 Å². The lowest BCUT2D eigenvalue weighted by Crippen LogP contribution is -2.55. The van der Waals surface area contributed by atoms with Gasteiger partial charge < -0.3 is 15.0 Å². The average Bonchev–Trinajstić information content (AvgIpc) is 2.49. The number of ether oxygens (including phenoxy) is 1. The Kier molecular flexibility index (Phi) is 5.39. The summed E-state index contributed by atoms with van der Waals surface area (Å²) in [5.74, 6) is -0.606. The molecule has 0 saturated carbocycles. The summed E-state index contributed by atoms with van der Waals surface area (Å²) in [6.07, 6.45) is 1.32. The molecule has 0 aliphatic carbocycles. The Morgan fingerprint density at radius 2 is 2.29 bits per heavy atom. The van der Waals surface area contributed by atoms with E-state index in [4.69, 9.17) is 27.9 Å². The molecule has 0 aromatic carbocycles. The molecule has 2 rings (SSSR count). The molecule has 1 saturated heterocycles. The molecule has 1 aromatic heterocycles. The van der Waals surface area contributed by atoms with Gasteiger partial charge in [-0.2, -0.15) is 0 Å². The predicted molar refractivity (Wildman–Crippen MR) is 78.6 cm³/mol. The van der Waals surface area contributed by atoms with E-state index in [1.54, 1.807) is 0 Å². The van der Waals surface area contributed by atoms with E-state index < -0.39 is 6.04 Å². The minimum absolute atomic E-state index is 0.161. The zero-order valence-corrected chi connectivity index (χ0v) is 12.9. The quantitative estimate of drug-likeness (QED) is 0.849. The molecule has 1 aliphatic heterocycles. The van der Waals surface area contributed by atoms with E-state index in [0.29, 0.717) is 19.7 Å². The highest BCUT2D eigenvalue weighted by atomic mass is 35.5. The Labute approximate surface area is 132 Å². The van der Waals surface area contributed by atoms with Gasteiger partial charge in [0, 0.05) is 19.3 Å². The number of aromatic nitrogens is 1. The van der Waals surface area contributed by atoms with Gasteiger partial charge in [0.2, 0.25) is 5.91 Å². The van der Waals surface area contributed by atoms with Gasteiger partial charge in [0.25, 0.3) is 5.91 Å². The zero-order chi connectivity index (χ0) is 15.4. The zero-order valence-electron chi connectivity index (χ0n) is 11.4. The van der Waals surface area contributed by atoms with Crippen LogP contribution in [-0.2, 0) is 9.53 Å². The molecule has 1 aromatic rings. The van der Waals surface area contributed by atoms with Gasteiger partial charge in [-0.3, -0.25) is 9.59 Å². The van der Waals surface area contributed by atoms with Crippen molar-refractivity contribution < 1.29 is 14.3 Å². The molecule has 1 unspecified atom stereocenters. The number of rotatable bonds is 3. The highest BCUT2D eigenvalue weighted by Crippen LogP contribution is 2.22. The van der Waals surface area contributed by atoms with Crippen LogP contribution >= 0.6 is 23.2 Å². The van der Waals surface area contributed by atoms with E-state index in [0.717, 1.165) is 0 Å². The van der Waals surface area contributed by atoms with Gasteiger partial charge in [-0.1, -0.05) is 23.2 Å². The van der Waals surface area contributed by atoms with Crippen molar-refractivity contribution in [2.45, 2.75) is 13.0 Å². The molecular weight excluding hydrogens is 317 g/mol. The first-order valence-corrected chi connectivity index (χ1v) is 7.27. The molecule has 1 atom stereocenters. The van der Waals surface area contributed by atoms with Crippen molar-refractivity contribution in [2.24, 2.45) is 0 Å². The number of likely N-dealkylation sites (N-methyl/N-ethyl adjacent to an activating group) is 1. The maximum atomic E-state index is 12.6. The fourth-order valence-corrected chi connectivity index (χ4v) is 2.43. The molecule has 0 bridgehead atoms. The van der Waals surface area contributed by atoms with Gasteiger partial charge in [0.05, 0.1) is 23.8 Å². The van der Waals surface area contributed by atoms with Crippen LogP contribution in [0.5, 0.6) is 0 Å². The van der Waals surface area contributed by atoms with Gasteiger partial charge >= 0.3 is 0 Å². The van der Waals surface area contributed by atoms with Crippen LogP contribution in [0.2, 0.25) is 10.2 Å². The fraction of sp³-hybridized carbons (Fsp3) is 0.462. The standard InChI is InChI=1S/C13H15Cl2N3O3/c1-2-16-12(19)10-7-21-4-3-18(10)13(20)8-5-11(15)17-6-9(8)14/h5-6,10H,2-4,7H2,1H3,(H,16,19). The summed E-state index contributed by atoms with van der Waals surface area (Å²) in [5.41, 5.74) is 0.230. The summed E-state index contributed by atoms with van der Waals surface area (Å²) in [6.45, 7) is 3.15. The van der Waals surface area contributed by atoms with Crippen LogP contribution in [0.4, 0.5) is 0 Å². The largest absolute Gasteiger partial charge is 0.377 e. The highest BCUT2D eigenvalue weighted by molar-refractivity contribution is 6.35. The molecule has 21 heavy (non-hydrogen) atoms. The fourth-order valence-electron chi connectivity index (χ4n) is 2.09. The highest BCUT2D eigenvalue weighted by Gasteiger charge is 2.33. The molecule has 1 fully saturated rings. The number of hydrogen-bond donors (Lipinski definition) is 1. The van der Waals surface area contributed by atoms with Crippen molar-refractivity contribution in [3.63, 3.8) is 0 Å². The van der Waals surface area contributed by atoms with Crippen LogP contribution in [0.1, 0.15) is 17.3 Å². The van der Waals surface area contributed by atoms with Crippen molar-refractivity contribution in [3.05, 3.63) is 28.0 Å². The monoisotopic (exact) mass is 331 g/mol. The summed E-state index contributed by atoms with van der Waals surface area (Å²) in [5, 5.41) is 3.06. The lowest BCUT2D eigenvalue weighted by Gasteiger charge is -2.34. The SMILES string of the molecule is CCNC(=O)C1COCCN1C(=O)c1cc(Cl)ncc1Cl. The third kappa shape index (κ3) is 3.64. The van der Waals surface area contributed by atoms with Crippen molar-refractivity contribution >= 4 is 35.0 Å². The second-order valence-electron chi connectivity index (χ2n) is 4.47. The second-order valence-corrected chi connectivity index (χ2v) is 5.27. The topological polar surface area (TPSA) is 71.5 Å². The Morgan fingerprint density at radius 3 is 3.00 bits per heavy atom. The Bertz CT molecular complexity index is 553. The van der Waals surface area contributed by atoms with Crippen LogP contribution in [-0.4, -0.2) is 54.0 Å². The predicted octanol–water partition coefficient (Wildman–Crippen LogP) is 1.37. The number of pyridine rings is 1. The molecule has 1 N–H and O–H groups in total. The summed E-state index contributed by atoms with van der Waals surface area (Å²) in [4.78, 5) is 29.9. The summed E-state index contributed by atoms with van der Waals surface area (Å²) < 4.78 is 5.29. The molecule has 0 spiro atoms. The van der Waals surface area contributed by atoms with E-state index in [9.17, 15) is 9.59 Å². The summed E-state index contributed by atoms with van der Waals surface area (Å²) in [7, 11) is 0. The molecule has 2 amide bonds. The van der Waals surface area contributed by atoms with E-state index in [-0.39, 0.29) is 34.2 Å². The van der Waals surface area contributed by atoms with E-state index in [1.165, 1.54) is 17.2 Å². The smallest absolute Gasteiger partial charge is 0.256 e. The number of carbonyl (C=O) groups is 2. The molecule has 6 nitrogen and oxygen atoms in total. The van der Waals surface area contributed by atoms with Crippen LogP contribution in [0, 0.1) is 0 Å². The number of nitrogens with one attached hydrogen (secondary N) is 1. The maximum Gasteiger partial charge on any atom is 0.256 e. The van der Waals surface area contributed by atoms with E-state index in [2.05, 4.69) is 10.3 Å². The van der Waals surface area contributed by atoms with Crippen molar-refractivity contribution in [1.29, 1.82) is 0 Å². The van der Waals surface area contributed by atoms with Crippen molar-refractivity contribution in [1.82, 2.24) is 15.2 Å². The first-order chi connectivity index (χ1) is 10.0. The Hall–Kier alpha value is -1.37. The lowest BCUT2D eigenvalue weighted by atomic mass is 10.1. The van der Waals surface area contributed by atoms with E-state index >= 15 is 0 Å². The third-order valence-electron chi connectivity index (χ3n) is 3.10. The minimum Gasteiger partial charge on any atom is -0.377 e. The first kappa shape index (κ1) is 16.0. The number of halogens is 2. The third-order valence-corrected chi connectivity index (χ3v) is 3.60. The number of carbonyl (C=O) groups excluding carboxylic acids is 2. The molecular formula is C13H15Cl2N3O3. The molecule has 1 aliphatic rings. The molecule has 8 heteroatoms.